The summed E-state index contributed by atoms with van der Waals surface area (Å²) in [6, 6.07) is 2.53. The minimum Gasteiger partial charge on any atom is -0.481 e. The molecule has 18 atom stereocenters. The molecule has 1 aromatic heterocycles. The maximum absolute atomic E-state index is 14.6. The monoisotopic (exact) mass is 844 g/mol. The third-order valence-corrected chi connectivity index (χ3v) is 15.5. The van der Waals surface area contributed by atoms with E-state index in [9.17, 15) is 29.7 Å². The van der Waals surface area contributed by atoms with E-state index in [1.807, 2.05) is 53.7 Å². The first-order valence-corrected chi connectivity index (χ1v) is 22.9. The van der Waals surface area contributed by atoms with Crippen LogP contribution in [-0.2, 0) is 33.3 Å². The summed E-state index contributed by atoms with van der Waals surface area (Å²) in [5.41, 5.74) is -1.74. The van der Waals surface area contributed by atoms with Gasteiger partial charge in [0.2, 0.25) is 0 Å². The van der Waals surface area contributed by atoms with Gasteiger partial charge in [-0.1, -0.05) is 61.5 Å². The molecule has 1 amide bonds. The summed E-state index contributed by atoms with van der Waals surface area (Å²) >= 11 is 0. The third kappa shape index (κ3) is 8.79. The zero-order valence-corrected chi connectivity index (χ0v) is 37.6. The average molecular weight is 844 g/mol. The summed E-state index contributed by atoms with van der Waals surface area (Å²) in [4.78, 5) is 40.2. The van der Waals surface area contributed by atoms with E-state index in [4.69, 9.17) is 28.1 Å². The van der Waals surface area contributed by atoms with Crippen LogP contribution < -0.4 is 5.32 Å². The summed E-state index contributed by atoms with van der Waals surface area (Å²) in [5, 5.41) is 36.0. The lowest BCUT2D eigenvalue weighted by Gasteiger charge is -2.55. The molecule has 5 aliphatic rings. The Balaban J connectivity index is 1.24. The number of aliphatic carboxylic acids is 1. The van der Waals surface area contributed by atoms with Crippen molar-refractivity contribution in [3.63, 3.8) is 0 Å². The van der Waals surface area contributed by atoms with E-state index in [2.05, 4.69) is 26.1 Å². The number of aliphatic hydroxyl groups excluding tert-OH is 1. The van der Waals surface area contributed by atoms with E-state index < -0.39 is 94.9 Å². The van der Waals surface area contributed by atoms with E-state index in [0.717, 1.165) is 6.42 Å². The first-order valence-electron chi connectivity index (χ1n) is 22.9. The average Bonchev–Trinajstić information content (AvgIpc) is 3.88. The zero-order valence-electron chi connectivity index (χ0n) is 37.6. The molecule has 0 aliphatic carbocycles. The van der Waals surface area contributed by atoms with Gasteiger partial charge in [0.1, 0.15) is 11.8 Å². The zero-order chi connectivity index (χ0) is 43.9. The molecule has 13 heteroatoms. The van der Waals surface area contributed by atoms with Gasteiger partial charge >= 0.3 is 5.97 Å². The van der Waals surface area contributed by atoms with Gasteiger partial charge in [0.25, 0.3) is 5.91 Å². The van der Waals surface area contributed by atoms with Crippen LogP contribution in [0.3, 0.4) is 0 Å². The predicted octanol–water partition coefficient (Wildman–Crippen LogP) is 7.22. The van der Waals surface area contributed by atoms with E-state index in [1.165, 1.54) is 6.26 Å². The van der Waals surface area contributed by atoms with Crippen molar-refractivity contribution in [3.8, 4) is 0 Å². The Kier molecular flexibility index (Phi) is 14.2. The number of nitrogens with one attached hydrogen (secondary N) is 1. The molecule has 13 nitrogen and oxygen atoms in total. The van der Waals surface area contributed by atoms with Crippen LogP contribution in [-0.4, -0.2) is 98.4 Å². The van der Waals surface area contributed by atoms with Crippen molar-refractivity contribution in [1.29, 1.82) is 0 Å². The predicted molar refractivity (Wildman–Crippen MR) is 223 cm³/mol. The van der Waals surface area contributed by atoms with Gasteiger partial charge in [-0.25, -0.2) is 0 Å². The number of rotatable bonds is 14. The molecule has 2 spiro atoms. The second-order valence-corrected chi connectivity index (χ2v) is 19.4. The number of carboxylic acids is 1. The highest BCUT2D eigenvalue weighted by atomic mass is 16.8. The lowest BCUT2D eigenvalue weighted by molar-refractivity contribution is -0.397. The highest BCUT2D eigenvalue weighted by Crippen LogP contribution is 2.54. The molecule has 0 bridgehead atoms. The van der Waals surface area contributed by atoms with Crippen LogP contribution >= 0.6 is 0 Å². The maximum atomic E-state index is 14.6. The van der Waals surface area contributed by atoms with Crippen molar-refractivity contribution < 1.29 is 57.8 Å². The van der Waals surface area contributed by atoms with Crippen molar-refractivity contribution in [2.75, 3.05) is 0 Å². The van der Waals surface area contributed by atoms with Crippen molar-refractivity contribution in [3.05, 3.63) is 36.3 Å². The minimum atomic E-state index is -1.37. The van der Waals surface area contributed by atoms with Crippen LogP contribution in [0.25, 0.3) is 0 Å². The number of carbonyl (C=O) groups is 3. The fraction of sp³-hybridized carbons (Fsp3) is 0.809. The standard InChI is InChI=1S/C47H73NO12/c1-11-32(43(52)53)34-17-16-26(4)40(57-34)30(8)38(49)29(7)39(50)33(12-2)41-27(5)25-28(6)46(58-41)21-18-36(48-42(51)35-15-14-24-55-35)47(60-46)23-22-44(10,59-47)37-19-20-45(54,13-3)31(9)56-37/h14-15,18,21,24,26-34,36-38,40-41,49,54H,11-13,16-17,19-20,22-23,25H2,1-10H3,(H,48,51)(H,52,53)/t26-,27-,28+,29-,30-,31-,32?,33?,34+,36?,37+,38+,40+,41-,44-,45+,46-,47-/m0/s1. The fourth-order valence-electron chi connectivity index (χ4n) is 11.3. The maximum Gasteiger partial charge on any atom is 0.309 e. The van der Waals surface area contributed by atoms with Gasteiger partial charge in [0.15, 0.2) is 17.3 Å². The smallest absolute Gasteiger partial charge is 0.309 e. The van der Waals surface area contributed by atoms with E-state index in [1.54, 1.807) is 19.1 Å². The molecule has 4 saturated heterocycles. The normalized spacial score (nSPS) is 42.0. The van der Waals surface area contributed by atoms with Crippen molar-refractivity contribution in [2.24, 2.45) is 41.4 Å². The van der Waals surface area contributed by atoms with E-state index in [0.29, 0.717) is 57.8 Å². The molecule has 0 aromatic carbocycles. The Morgan fingerprint density at radius 3 is 2.25 bits per heavy atom. The Labute approximate surface area is 356 Å². The van der Waals surface area contributed by atoms with Gasteiger partial charge in [-0.2, -0.15) is 0 Å². The van der Waals surface area contributed by atoms with Gasteiger partial charge in [-0.05, 0) is 102 Å². The molecule has 1 aromatic rings. The minimum absolute atomic E-state index is 0.0284. The Bertz CT molecular complexity index is 1690. The van der Waals surface area contributed by atoms with Crippen LogP contribution in [0, 0.1) is 41.4 Å². The molecule has 3 unspecified atom stereocenters. The summed E-state index contributed by atoms with van der Waals surface area (Å²) in [6.07, 6.45) is 7.79. The molecular formula is C47H73NO12. The second kappa shape index (κ2) is 18.2. The fourth-order valence-corrected chi connectivity index (χ4v) is 11.3. The van der Waals surface area contributed by atoms with Crippen LogP contribution in [0.1, 0.15) is 144 Å². The molecular weight excluding hydrogens is 771 g/mol. The largest absolute Gasteiger partial charge is 0.481 e. The molecule has 4 fully saturated rings. The Morgan fingerprint density at radius 2 is 1.63 bits per heavy atom. The van der Waals surface area contributed by atoms with Crippen molar-refractivity contribution in [1.82, 2.24) is 5.32 Å². The molecule has 6 heterocycles. The summed E-state index contributed by atoms with van der Waals surface area (Å²) in [7, 11) is 0. The van der Waals surface area contributed by atoms with Crippen LogP contribution in [0.2, 0.25) is 0 Å². The summed E-state index contributed by atoms with van der Waals surface area (Å²) in [5.74, 6) is -6.37. The SMILES string of the molecule is CCC(C(=O)[C@@H](C)[C@@H](O)[C@H](C)[C@@H]1O[C@@H](C(CC)C(=O)O)CC[C@@H]1C)[C@H]1O[C@]2(C=CC(NC(=O)c3ccco3)[C@]3(CC[C@@](C)([C@H]4CC[C@](O)(CC)[C@H](C)O4)O3)O2)[C@H](C)C[C@@H]1C. The molecule has 5 aliphatic heterocycles. The topological polar surface area (TPSA) is 183 Å². The number of carboxylic acid groups (broad SMARTS) is 1. The van der Waals surface area contributed by atoms with Crippen LogP contribution in [0.15, 0.2) is 35.0 Å². The Hall–Kier alpha value is -2.65. The number of carbonyl (C=O) groups excluding carboxylic acids is 2. The molecule has 60 heavy (non-hydrogen) atoms. The number of ether oxygens (including phenoxy) is 5. The van der Waals surface area contributed by atoms with E-state index in [-0.39, 0.29) is 35.4 Å². The lowest BCUT2D eigenvalue weighted by atomic mass is 9.72. The number of furan rings is 1. The first-order chi connectivity index (χ1) is 28.3. The van der Waals surface area contributed by atoms with Crippen LogP contribution in [0.5, 0.6) is 0 Å². The molecule has 0 saturated carbocycles. The number of aliphatic hydroxyl groups is 2. The number of hydrogen-bond donors (Lipinski definition) is 4. The van der Waals surface area contributed by atoms with Crippen LogP contribution in [0.4, 0.5) is 0 Å². The number of Topliss-reactive ketones (excluding diaryl/α,β-unsaturated/α-hetero) is 1. The highest BCUT2D eigenvalue weighted by Gasteiger charge is 2.63. The van der Waals surface area contributed by atoms with Gasteiger partial charge < -0.3 is 48.7 Å². The molecule has 4 N–H and O–H groups in total. The van der Waals surface area contributed by atoms with Crippen molar-refractivity contribution in [2.45, 2.75) is 199 Å². The van der Waals surface area contributed by atoms with Gasteiger partial charge in [-0.3, -0.25) is 14.4 Å². The lowest BCUT2D eigenvalue weighted by Crippen LogP contribution is -2.65. The van der Waals surface area contributed by atoms with Gasteiger partial charge in [-0.15, -0.1) is 0 Å². The summed E-state index contributed by atoms with van der Waals surface area (Å²) in [6.45, 7) is 19.6. The van der Waals surface area contributed by atoms with Crippen molar-refractivity contribution >= 4 is 17.7 Å². The van der Waals surface area contributed by atoms with Gasteiger partial charge in [0, 0.05) is 30.1 Å². The molecule has 0 radical (unpaired) electrons. The highest BCUT2D eigenvalue weighted by molar-refractivity contribution is 5.91. The number of hydrogen-bond acceptors (Lipinski definition) is 11. The first kappa shape index (κ1) is 46.8. The number of amides is 1. The Morgan fingerprint density at radius 1 is 0.917 bits per heavy atom. The van der Waals surface area contributed by atoms with Gasteiger partial charge in [0.05, 0.1) is 60.0 Å². The second-order valence-electron chi connectivity index (χ2n) is 19.4. The quantitative estimate of drug-likeness (QED) is 0.138. The van der Waals surface area contributed by atoms with E-state index >= 15 is 0 Å². The number of ketones is 1. The third-order valence-electron chi connectivity index (χ3n) is 15.5. The molecule has 338 valence electrons. The summed E-state index contributed by atoms with van der Waals surface area (Å²) < 4.78 is 39.9. The molecule has 6 rings (SSSR count).